The van der Waals surface area contributed by atoms with Crippen molar-refractivity contribution in [2.45, 2.75) is 51.1 Å². The molecule has 1 aromatic rings. The van der Waals surface area contributed by atoms with Gasteiger partial charge in [0.1, 0.15) is 0 Å². The van der Waals surface area contributed by atoms with E-state index in [4.69, 9.17) is 5.73 Å². The monoisotopic (exact) mass is 250 g/mol. The zero-order chi connectivity index (χ0) is 13.0. The topological polar surface area (TPSA) is 47.1 Å². The minimum Gasteiger partial charge on any atom is -0.323 e. The molecule has 1 fully saturated rings. The average molecular weight is 250 g/mol. The molecule has 0 saturated carbocycles. The molecule has 4 nitrogen and oxygen atoms in total. The Hall–Kier alpha value is -0.870. The first-order chi connectivity index (χ1) is 8.70. The Labute approximate surface area is 110 Å². The molecule has 2 unspecified atom stereocenters. The molecule has 0 spiro atoms. The van der Waals surface area contributed by atoms with E-state index in [0.29, 0.717) is 0 Å². The lowest BCUT2D eigenvalue weighted by Gasteiger charge is -2.37. The van der Waals surface area contributed by atoms with Crippen molar-refractivity contribution in [1.29, 1.82) is 0 Å². The molecule has 0 bridgehead atoms. The van der Waals surface area contributed by atoms with Gasteiger partial charge in [0.25, 0.3) is 0 Å². The Kier molecular flexibility index (Phi) is 4.78. The number of likely N-dealkylation sites (tertiary alicyclic amines) is 1. The summed E-state index contributed by atoms with van der Waals surface area (Å²) in [5.74, 6) is 0. The van der Waals surface area contributed by atoms with E-state index in [1.165, 1.54) is 38.6 Å². The zero-order valence-corrected chi connectivity index (χ0v) is 11.7. The quantitative estimate of drug-likeness (QED) is 0.870. The highest BCUT2D eigenvalue weighted by atomic mass is 15.2. The summed E-state index contributed by atoms with van der Waals surface area (Å²) in [4.78, 5) is 2.59. The second-order valence-corrected chi connectivity index (χ2v) is 5.49. The van der Waals surface area contributed by atoms with E-state index in [1.54, 1.807) is 0 Å². The Bertz CT molecular complexity index is 358. The first kappa shape index (κ1) is 13.6. The van der Waals surface area contributed by atoms with E-state index < -0.39 is 0 Å². The molecule has 1 aromatic heterocycles. The van der Waals surface area contributed by atoms with Gasteiger partial charge in [-0.2, -0.15) is 5.10 Å². The van der Waals surface area contributed by atoms with Crippen LogP contribution in [0.15, 0.2) is 12.4 Å². The van der Waals surface area contributed by atoms with Crippen LogP contribution in [0.25, 0.3) is 0 Å². The maximum absolute atomic E-state index is 6.30. The Balaban J connectivity index is 1.93. The van der Waals surface area contributed by atoms with Gasteiger partial charge in [0.05, 0.1) is 6.20 Å². The lowest BCUT2D eigenvalue weighted by Crippen LogP contribution is -2.43. The average Bonchev–Trinajstić information content (AvgIpc) is 2.79. The van der Waals surface area contributed by atoms with Gasteiger partial charge >= 0.3 is 0 Å². The highest BCUT2D eigenvalue weighted by molar-refractivity contribution is 5.10. The fraction of sp³-hybridized carbons (Fsp3) is 0.786. The maximum Gasteiger partial charge on any atom is 0.0537 e. The van der Waals surface area contributed by atoms with Crippen LogP contribution in [0.5, 0.6) is 0 Å². The smallest absolute Gasteiger partial charge is 0.0537 e. The minimum absolute atomic E-state index is 0.0937. The second kappa shape index (κ2) is 6.34. The number of hydrogen-bond donors (Lipinski definition) is 1. The van der Waals surface area contributed by atoms with Crippen LogP contribution in [-0.4, -0.2) is 33.8 Å². The van der Waals surface area contributed by atoms with E-state index >= 15 is 0 Å². The van der Waals surface area contributed by atoms with Crippen LogP contribution < -0.4 is 5.73 Å². The number of nitrogens with two attached hydrogens (primary N) is 1. The molecule has 2 heterocycles. The fourth-order valence-corrected chi connectivity index (χ4v) is 2.95. The van der Waals surface area contributed by atoms with Crippen molar-refractivity contribution in [3.8, 4) is 0 Å². The molecule has 18 heavy (non-hydrogen) atoms. The number of aryl methyl sites for hydroxylation is 1. The molecular weight excluding hydrogens is 224 g/mol. The van der Waals surface area contributed by atoms with E-state index in [1.807, 2.05) is 24.1 Å². The van der Waals surface area contributed by atoms with Gasteiger partial charge in [0.2, 0.25) is 0 Å². The summed E-state index contributed by atoms with van der Waals surface area (Å²) in [5, 5.41) is 4.20. The third-order valence-electron chi connectivity index (χ3n) is 3.96. The molecule has 1 aliphatic heterocycles. The molecule has 0 amide bonds. The number of hydrogen-bond acceptors (Lipinski definition) is 3. The van der Waals surface area contributed by atoms with E-state index in [9.17, 15) is 0 Å². The predicted octanol–water partition coefficient (Wildman–Crippen LogP) is 2.07. The van der Waals surface area contributed by atoms with Crippen LogP contribution in [0.3, 0.4) is 0 Å². The van der Waals surface area contributed by atoms with Crippen LogP contribution in [0.2, 0.25) is 0 Å². The van der Waals surface area contributed by atoms with E-state index in [0.717, 1.165) is 18.2 Å². The summed E-state index contributed by atoms with van der Waals surface area (Å²) in [6.45, 7) is 4.45. The van der Waals surface area contributed by atoms with Crippen molar-refractivity contribution in [2.75, 3.05) is 13.1 Å². The van der Waals surface area contributed by atoms with Crippen molar-refractivity contribution in [1.82, 2.24) is 14.7 Å². The molecule has 2 N–H and O–H groups in total. The fourth-order valence-electron chi connectivity index (χ4n) is 2.95. The summed E-state index contributed by atoms with van der Waals surface area (Å²) in [6.07, 6.45) is 10.5. The number of piperidine rings is 1. The molecule has 4 heteroatoms. The third-order valence-corrected chi connectivity index (χ3v) is 3.96. The Morgan fingerprint density at radius 2 is 2.33 bits per heavy atom. The first-order valence-corrected chi connectivity index (χ1v) is 7.19. The first-order valence-electron chi connectivity index (χ1n) is 7.19. The lowest BCUT2D eigenvalue weighted by atomic mass is 9.97. The van der Waals surface area contributed by atoms with Crippen LogP contribution in [-0.2, 0) is 7.05 Å². The van der Waals surface area contributed by atoms with Crippen LogP contribution >= 0.6 is 0 Å². The Morgan fingerprint density at radius 1 is 1.50 bits per heavy atom. The summed E-state index contributed by atoms with van der Waals surface area (Å²) < 4.78 is 1.83. The Morgan fingerprint density at radius 3 is 3.00 bits per heavy atom. The molecule has 0 aromatic carbocycles. The van der Waals surface area contributed by atoms with Crippen molar-refractivity contribution < 1.29 is 0 Å². The summed E-state index contributed by atoms with van der Waals surface area (Å²) in [5.41, 5.74) is 7.45. The highest BCUT2D eigenvalue weighted by Crippen LogP contribution is 2.23. The molecule has 1 aliphatic rings. The molecule has 102 valence electrons. The summed E-state index contributed by atoms with van der Waals surface area (Å²) >= 11 is 0. The standard InChI is InChI=1S/C14H26N4/c1-3-6-13-7-4-5-8-18(13)11-14(15)12-9-16-17(2)10-12/h9-10,13-14H,3-8,11,15H2,1-2H3. The zero-order valence-electron chi connectivity index (χ0n) is 11.7. The van der Waals surface area contributed by atoms with Gasteiger partial charge in [0.15, 0.2) is 0 Å². The van der Waals surface area contributed by atoms with Gasteiger partial charge in [-0.15, -0.1) is 0 Å². The summed E-state index contributed by atoms with van der Waals surface area (Å²) in [6, 6.07) is 0.836. The van der Waals surface area contributed by atoms with E-state index in [2.05, 4.69) is 16.9 Å². The van der Waals surface area contributed by atoms with Gasteiger partial charge in [0, 0.05) is 37.4 Å². The number of aromatic nitrogens is 2. The third kappa shape index (κ3) is 3.33. The lowest BCUT2D eigenvalue weighted by molar-refractivity contribution is 0.131. The predicted molar refractivity (Wildman–Crippen MR) is 74.3 cm³/mol. The normalized spacial score (nSPS) is 23.2. The van der Waals surface area contributed by atoms with Gasteiger partial charge < -0.3 is 5.73 Å². The highest BCUT2D eigenvalue weighted by Gasteiger charge is 2.23. The minimum atomic E-state index is 0.0937. The maximum atomic E-state index is 6.30. The van der Waals surface area contributed by atoms with Crippen LogP contribution in [0, 0.1) is 0 Å². The largest absolute Gasteiger partial charge is 0.323 e. The van der Waals surface area contributed by atoms with Gasteiger partial charge in [-0.05, 0) is 25.8 Å². The molecule has 2 rings (SSSR count). The van der Waals surface area contributed by atoms with Crippen molar-refractivity contribution in [3.05, 3.63) is 18.0 Å². The molecular formula is C14H26N4. The van der Waals surface area contributed by atoms with E-state index in [-0.39, 0.29) is 6.04 Å². The van der Waals surface area contributed by atoms with Crippen LogP contribution in [0.1, 0.15) is 50.6 Å². The second-order valence-electron chi connectivity index (χ2n) is 5.49. The SMILES string of the molecule is CCCC1CCCCN1CC(N)c1cnn(C)c1. The molecule has 1 saturated heterocycles. The molecule has 0 radical (unpaired) electrons. The van der Waals surface area contributed by atoms with Gasteiger partial charge in [-0.3, -0.25) is 9.58 Å². The van der Waals surface area contributed by atoms with Gasteiger partial charge in [-0.1, -0.05) is 19.8 Å². The van der Waals surface area contributed by atoms with Crippen molar-refractivity contribution in [2.24, 2.45) is 12.8 Å². The summed E-state index contributed by atoms with van der Waals surface area (Å²) in [7, 11) is 1.94. The van der Waals surface area contributed by atoms with Crippen molar-refractivity contribution in [3.63, 3.8) is 0 Å². The van der Waals surface area contributed by atoms with Gasteiger partial charge in [-0.25, -0.2) is 0 Å². The number of nitrogens with zero attached hydrogens (tertiary/aromatic N) is 3. The number of rotatable bonds is 5. The van der Waals surface area contributed by atoms with Crippen molar-refractivity contribution >= 4 is 0 Å². The molecule has 2 atom stereocenters. The van der Waals surface area contributed by atoms with Crippen LogP contribution in [0.4, 0.5) is 0 Å². The molecule has 0 aliphatic carbocycles.